The molecule has 0 heterocycles. The smallest absolute Gasteiger partial charge is 0.246 e. The topological polar surface area (TPSA) is 47.6 Å². The number of amides is 1. The minimum atomic E-state index is -0.190. The van der Waals surface area contributed by atoms with E-state index in [9.17, 15) is 4.79 Å². The molecule has 0 aliphatic carbocycles. The molecule has 0 fully saturated rings. The molecule has 0 aliphatic rings. The molecule has 1 aromatic rings. The van der Waals surface area contributed by atoms with E-state index in [-0.39, 0.29) is 12.3 Å². The second kappa shape index (κ2) is 6.03. The number of rotatable bonds is 5. The van der Waals surface area contributed by atoms with Crippen LogP contribution in [0.3, 0.4) is 0 Å². The van der Waals surface area contributed by atoms with E-state index in [0.717, 1.165) is 5.75 Å². The first-order valence-electron chi connectivity index (χ1n) is 4.73. The van der Waals surface area contributed by atoms with E-state index in [0.29, 0.717) is 6.61 Å². The Morgan fingerprint density at radius 1 is 1.33 bits per heavy atom. The van der Waals surface area contributed by atoms with Crippen molar-refractivity contribution in [1.82, 2.24) is 5.48 Å². The van der Waals surface area contributed by atoms with Crippen molar-refractivity contribution in [3.8, 4) is 5.75 Å². The van der Waals surface area contributed by atoms with E-state index in [1.165, 1.54) is 12.7 Å². The lowest BCUT2D eigenvalue weighted by molar-refractivity contribution is -0.131. The number of nitrogens with one attached hydrogen (secondary N) is 1. The molecule has 1 aromatic carbocycles. The quantitative estimate of drug-likeness (QED) is 0.746. The van der Waals surface area contributed by atoms with Gasteiger partial charge in [-0.2, -0.15) is 0 Å². The number of hydrogen-bond donors (Lipinski definition) is 1. The van der Waals surface area contributed by atoms with E-state index in [4.69, 9.17) is 4.74 Å². The molecule has 4 nitrogen and oxygen atoms in total. The summed E-state index contributed by atoms with van der Waals surface area (Å²) in [4.78, 5) is 15.4. The highest BCUT2D eigenvalue weighted by Gasteiger charge is 2.00. The standard InChI is InChI=1S/C11H15NO3/c1-9-3-5-10(6-4-9)15-8-7-11(13)12-14-2/h3-6H,7-8H2,1-2H3,(H,12,13). The molecule has 0 saturated carbocycles. The van der Waals surface area contributed by atoms with Crippen molar-refractivity contribution in [2.75, 3.05) is 13.7 Å². The molecule has 0 bridgehead atoms. The van der Waals surface area contributed by atoms with Crippen LogP contribution in [0.5, 0.6) is 5.75 Å². The van der Waals surface area contributed by atoms with Crippen molar-refractivity contribution in [3.05, 3.63) is 29.8 Å². The molecule has 0 spiro atoms. The van der Waals surface area contributed by atoms with Gasteiger partial charge in [-0.05, 0) is 19.1 Å². The molecular weight excluding hydrogens is 194 g/mol. The maximum absolute atomic E-state index is 11.0. The molecule has 0 aliphatic heterocycles. The van der Waals surface area contributed by atoms with Gasteiger partial charge in [0, 0.05) is 0 Å². The third-order valence-electron chi connectivity index (χ3n) is 1.83. The van der Waals surface area contributed by atoms with Gasteiger partial charge >= 0.3 is 0 Å². The number of carbonyl (C=O) groups excluding carboxylic acids is 1. The largest absolute Gasteiger partial charge is 0.493 e. The van der Waals surface area contributed by atoms with Crippen molar-refractivity contribution in [2.45, 2.75) is 13.3 Å². The van der Waals surface area contributed by atoms with Crippen LogP contribution in [0, 0.1) is 6.92 Å². The first-order valence-corrected chi connectivity index (χ1v) is 4.73. The lowest BCUT2D eigenvalue weighted by Gasteiger charge is -2.05. The number of carbonyl (C=O) groups is 1. The van der Waals surface area contributed by atoms with Crippen LogP contribution in [-0.4, -0.2) is 19.6 Å². The summed E-state index contributed by atoms with van der Waals surface area (Å²) in [7, 11) is 1.40. The van der Waals surface area contributed by atoms with Crippen molar-refractivity contribution in [3.63, 3.8) is 0 Å². The molecule has 0 atom stereocenters. The Bertz CT molecular complexity index is 308. The molecule has 0 saturated heterocycles. The maximum Gasteiger partial charge on any atom is 0.246 e. The fourth-order valence-corrected chi connectivity index (χ4v) is 1.06. The average molecular weight is 209 g/mol. The van der Waals surface area contributed by atoms with Crippen molar-refractivity contribution >= 4 is 5.91 Å². The molecule has 82 valence electrons. The number of ether oxygens (including phenoxy) is 1. The van der Waals surface area contributed by atoms with Crippen molar-refractivity contribution in [1.29, 1.82) is 0 Å². The fourth-order valence-electron chi connectivity index (χ4n) is 1.06. The minimum Gasteiger partial charge on any atom is -0.493 e. The van der Waals surface area contributed by atoms with Gasteiger partial charge < -0.3 is 4.74 Å². The molecule has 4 heteroatoms. The van der Waals surface area contributed by atoms with Gasteiger partial charge in [0.2, 0.25) is 5.91 Å². The van der Waals surface area contributed by atoms with Gasteiger partial charge in [-0.25, -0.2) is 5.48 Å². The first kappa shape index (κ1) is 11.5. The Hall–Kier alpha value is -1.55. The molecular formula is C11H15NO3. The zero-order valence-corrected chi connectivity index (χ0v) is 8.95. The molecule has 1 amide bonds. The van der Waals surface area contributed by atoms with E-state index < -0.39 is 0 Å². The van der Waals surface area contributed by atoms with Gasteiger partial charge in [-0.3, -0.25) is 9.63 Å². The van der Waals surface area contributed by atoms with Gasteiger partial charge in [0.15, 0.2) is 0 Å². The molecule has 15 heavy (non-hydrogen) atoms. The van der Waals surface area contributed by atoms with Gasteiger partial charge in [-0.15, -0.1) is 0 Å². The number of aryl methyl sites for hydroxylation is 1. The molecule has 1 rings (SSSR count). The highest BCUT2D eigenvalue weighted by atomic mass is 16.6. The number of benzene rings is 1. The van der Waals surface area contributed by atoms with Crippen LogP contribution in [0.15, 0.2) is 24.3 Å². The zero-order chi connectivity index (χ0) is 11.1. The van der Waals surface area contributed by atoms with Crippen LogP contribution >= 0.6 is 0 Å². The lowest BCUT2D eigenvalue weighted by atomic mass is 10.2. The van der Waals surface area contributed by atoms with E-state index in [1.807, 2.05) is 31.2 Å². The summed E-state index contributed by atoms with van der Waals surface area (Å²) in [6.45, 7) is 2.36. The fraction of sp³-hybridized carbons (Fsp3) is 0.364. The van der Waals surface area contributed by atoms with Crippen LogP contribution in [0.1, 0.15) is 12.0 Å². The molecule has 0 aromatic heterocycles. The zero-order valence-electron chi connectivity index (χ0n) is 8.95. The Labute approximate surface area is 89.1 Å². The maximum atomic E-state index is 11.0. The predicted octanol–water partition coefficient (Wildman–Crippen LogP) is 1.44. The first-order chi connectivity index (χ1) is 7.22. The van der Waals surface area contributed by atoms with E-state index >= 15 is 0 Å². The van der Waals surface area contributed by atoms with Crippen LogP contribution < -0.4 is 10.2 Å². The average Bonchev–Trinajstić information content (AvgIpc) is 2.21. The van der Waals surface area contributed by atoms with Crippen LogP contribution in [-0.2, 0) is 9.63 Å². The second-order valence-corrected chi connectivity index (χ2v) is 3.14. The van der Waals surface area contributed by atoms with Crippen LogP contribution in [0.4, 0.5) is 0 Å². The summed E-state index contributed by atoms with van der Waals surface area (Å²) >= 11 is 0. The molecule has 0 radical (unpaired) electrons. The van der Waals surface area contributed by atoms with Gasteiger partial charge in [0.05, 0.1) is 20.1 Å². The summed E-state index contributed by atoms with van der Waals surface area (Å²) in [6.07, 6.45) is 0.279. The summed E-state index contributed by atoms with van der Waals surface area (Å²) in [5.41, 5.74) is 3.40. The molecule has 1 N–H and O–H groups in total. The number of hydrogen-bond acceptors (Lipinski definition) is 3. The Morgan fingerprint density at radius 3 is 2.60 bits per heavy atom. The lowest BCUT2D eigenvalue weighted by Crippen LogP contribution is -2.23. The van der Waals surface area contributed by atoms with Crippen molar-refractivity contribution in [2.24, 2.45) is 0 Å². The predicted molar refractivity (Wildman–Crippen MR) is 56.4 cm³/mol. The highest BCUT2D eigenvalue weighted by Crippen LogP contribution is 2.11. The third kappa shape index (κ3) is 4.46. The van der Waals surface area contributed by atoms with Crippen LogP contribution in [0.2, 0.25) is 0 Å². The minimum absolute atomic E-state index is 0.190. The summed E-state index contributed by atoms with van der Waals surface area (Å²) in [5.74, 6) is 0.579. The van der Waals surface area contributed by atoms with Gasteiger partial charge in [0.25, 0.3) is 0 Å². The normalized spacial score (nSPS) is 9.73. The second-order valence-electron chi connectivity index (χ2n) is 3.14. The van der Waals surface area contributed by atoms with E-state index in [1.54, 1.807) is 0 Å². The summed E-state index contributed by atoms with van der Waals surface area (Å²) in [6, 6.07) is 7.68. The van der Waals surface area contributed by atoms with Crippen molar-refractivity contribution < 1.29 is 14.4 Å². The van der Waals surface area contributed by atoms with E-state index in [2.05, 4.69) is 10.3 Å². The summed E-state index contributed by atoms with van der Waals surface area (Å²) < 4.78 is 5.36. The van der Waals surface area contributed by atoms with Crippen LogP contribution in [0.25, 0.3) is 0 Å². The Morgan fingerprint density at radius 2 is 2.00 bits per heavy atom. The van der Waals surface area contributed by atoms with Gasteiger partial charge in [0.1, 0.15) is 5.75 Å². The summed E-state index contributed by atoms with van der Waals surface area (Å²) in [5, 5.41) is 0. The number of hydroxylamine groups is 1. The third-order valence-corrected chi connectivity index (χ3v) is 1.83. The Balaban J connectivity index is 2.26. The SMILES string of the molecule is CONC(=O)CCOc1ccc(C)cc1. The monoisotopic (exact) mass is 209 g/mol. The molecule has 0 unspecified atom stereocenters. The highest BCUT2D eigenvalue weighted by molar-refractivity contribution is 5.74. The Kier molecular flexibility index (Phi) is 4.63. The van der Waals surface area contributed by atoms with Gasteiger partial charge in [-0.1, -0.05) is 17.7 Å².